The third-order valence-electron chi connectivity index (χ3n) is 4.07. The van der Waals surface area contributed by atoms with E-state index in [4.69, 9.17) is 9.26 Å². The van der Waals surface area contributed by atoms with Gasteiger partial charge in [-0.1, -0.05) is 11.2 Å². The molecule has 0 unspecified atom stereocenters. The standard InChI is InChI=1S/C18H19N5O5S/c1-19-18(24)13-10-12(7-8-15(13)27-3)29(25,26)23(2)11-16-21-17(22-28-16)14-6-4-5-9-20-14/h4-10H,11H2,1-3H3,(H,19,24). The van der Waals surface area contributed by atoms with Crippen LogP contribution in [0.5, 0.6) is 5.75 Å². The molecular formula is C18H19N5O5S. The van der Waals surface area contributed by atoms with Crippen molar-refractivity contribution in [2.75, 3.05) is 21.2 Å². The van der Waals surface area contributed by atoms with Crippen molar-refractivity contribution >= 4 is 15.9 Å². The van der Waals surface area contributed by atoms with Crippen LogP contribution >= 0.6 is 0 Å². The highest BCUT2D eigenvalue weighted by Crippen LogP contribution is 2.25. The number of amides is 1. The quantitative estimate of drug-likeness (QED) is 0.610. The molecule has 0 radical (unpaired) electrons. The number of methoxy groups -OCH3 is 1. The Labute approximate surface area is 167 Å². The van der Waals surface area contributed by atoms with Crippen LogP contribution in [0.3, 0.4) is 0 Å². The van der Waals surface area contributed by atoms with Gasteiger partial charge in [0.1, 0.15) is 11.4 Å². The fraction of sp³-hybridized carbons (Fsp3) is 0.222. The second-order valence-corrected chi connectivity index (χ2v) is 7.97. The summed E-state index contributed by atoms with van der Waals surface area (Å²) in [6.07, 6.45) is 1.59. The van der Waals surface area contributed by atoms with Gasteiger partial charge in [-0.3, -0.25) is 9.78 Å². The molecule has 0 aliphatic carbocycles. The SMILES string of the molecule is CNC(=O)c1cc(S(=O)(=O)N(C)Cc2nc(-c3ccccn3)no2)ccc1OC. The molecule has 0 aliphatic rings. The third-order valence-corrected chi connectivity index (χ3v) is 5.87. The van der Waals surface area contributed by atoms with E-state index in [0.29, 0.717) is 5.69 Å². The van der Waals surface area contributed by atoms with Crippen LogP contribution in [0, 0.1) is 0 Å². The maximum absolute atomic E-state index is 12.9. The minimum Gasteiger partial charge on any atom is -0.496 e. The molecule has 0 spiro atoms. The van der Waals surface area contributed by atoms with Gasteiger partial charge in [0.2, 0.25) is 21.7 Å². The molecule has 11 heteroatoms. The zero-order valence-corrected chi connectivity index (χ0v) is 16.8. The normalized spacial score (nSPS) is 11.4. The number of hydrogen-bond donors (Lipinski definition) is 1. The number of nitrogens with zero attached hydrogens (tertiary/aromatic N) is 4. The van der Waals surface area contributed by atoms with Crippen LogP contribution < -0.4 is 10.1 Å². The molecule has 0 fully saturated rings. The molecule has 1 aromatic carbocycles. The Morgan fingerprint density at radius 1 is 1.28 bits per heavy atom. The summed E-state index contributed by atoms with van der Waals surface area (Å²) < 4.78 is 37.2. The van der Waals surface area contributed by atoms with Crippen molar-refractivity contribution in [1.29, 1.82) is 0 Å². The summed E-state index contributed by atoms with van der Waals surface area (Å²) in [5.74, 6) is 0.177. The van der Waals surface area contributed by atoms with E-state index in [0.717, 1.165) is 4.31 Å². The first kappa shape index (κ1) is 20.4. The van der Waals surface area contributed by atoms with Gasteiger partial charge in [-0.25, -0.2) is 8.42 Å². The smallest absolute Gasteiger partial charge is 0.254 e. The Kier molecular flexibility index (Phi) is 5.89. The lowest BCUT2D eigenvalue weighted by atomic mass is 10.2. The highest BCUT2D eigenvalue weighted by atomic mass is 32.2. The molecule has 2 heterocycles. The first-order valence-corrected chi connectivity index (χ1v) is 9.91. The topological polar surface area (TPSA) is 128 Å². The lowest BCUT2D eigenvalue weighted by molar-refractivity contribution is 0.0960. The lowest BCUT2D eigenvalue weighted by Gasteiger charge is -2.16. The summed E-state index contributed by atoms with van der Waals surface area (Å²) in [5.41, 5.74) is 0.623. The Bertz CT molecular complexity index is 1110. The molecule has 0 bridgehead atoms. The van der Waals surface area contributed by atoms with Crippen LogP contribution in [0.2, 0.25) is 0 Å². The number of benzene rings is 1. The molecule has 1 amide bonds. The molecule has 1 N–H and O–H groups in total. The molecule has 152 valence electrons. The predicted octanol–water partition coefficient (Wildman–Crippen LogP) is 1.32. The number of carbonyl (C=O) groups excluding carboxylic acids is 1. The van der Waals surface area contributed by atoms with Gasteiger partial charge in [0.25, 0.3) is 5.91 Å². The maximum Gasteiger partial charge on any atom is 0.254 e. The second-order valence-electron chi connectivity index (χ2n) is 5.93. The van der Waals surface area contributed by atoms with Crippen LogP contribution in [-0.4, -0.2) is 55.0 Å². The van der Waals surface area contributed by atoms with E-state index in [9.17, 15) is 13.2 Å². The monoisotopic (exact) mass is 417 g/mol. The summed E-state index contributed by atoms with van der Waals surface area (Å²) in [4.78, 5) is 20.3. The van der Waals surface area contributed by atoms with Gasteiger partial charge < -0.3 is 14.6 Å². The number of pyridine rings is 1. The van der Waals surface area contributed by atoms with Gasteiger partial charge in [0.05, 0.1) is 24.1 Å². The predicted molar refractivity (Wildman–Crippen MR) is 103 cm³/mol. The van der Waals surface area contributed by atoms with Crippen molar-refractivity contribution in [3.05, 3.63) is 54.0 Å². The zero-order valence-electron chi connectivity index (χ0n) is 16.0. The minimum atomic E-state index is -3.93. The van der Waals surface area contributed by atoms with Crippen molar-refractivity contribution < 1.29 is 22.5 Å². The Morgan fingerprint density at radius 2 is 2.07 bits per heavy atom. The Morgan fingerprint density at radius 3 is 2.72 bits per heavy atom. The van der Waals surface area contributed by atoms with E-state index in [-0.39, 0.29) is 34.5 Å². The fourth-order valence-corrected chi connectivity index (χ4v) is 3.68. The van der Waals surface area contributed by atoms with E-state index in [1.165, 1.54) is 39.4 Å². The third kappa shape index (κ3) is 4.25. The first-order chi connectivity index (χ1) is 13.9. The van der Waals surface area contributed by atoms with Crippen LogP contribution in [0.25, 0.3) is 11.5 Å². The van der Waals surface area contributed by atoms with E-state index < -0.39 is 15.9 Å². The number of carbonyl (C=O) groups is 1. The van der Waals surface area contributed by atoms with Gasteiger partial charge in [-0.05, 0) is 30.3 Å². The van der Waals surface area contributed by atoms with Crippen molar-refractivity contribution in [3.8, 4) is 17.3 Å². The van der Waals surface area contributed by atoms with Gasteiger partial charge in [-0.2, -0.15) is 9.29 Å². The summed E-state index contributed by atoms with van der Waals surface area (Å²) in [7, 11) is 0.299. The van der Waals surface area contributed by atoms with Gasteiger partial charge >= 0.3 is 0 Å². The summed E-state index contributed by atoms with van der Waals surface area (Å²) in [6.45, 7) is -0.149. The fourth-order valence-electron chi connectivity index (χ4n) is 2.53. The molecule has 3 rings (SSSR count). The first-order valence-electron chi connectivity index (χ1n) is 8.47. The van der Waals surface area contributed by atoms with E-state index in [1.807, 2.05) is 0 Å². The summed E-state index contributed by atoms with van der Waals surface area (Å²) in [5, 5.41) is 6.28. The van der Waals surface area contributed by atoms with E-state index in [1.54, 1.807) is 24.4 Å². The number of aromatic nitrogens is 3. The van der Waals surface area contributed by atoms with Crippen LogP contribution in [-0.2, 0) is 16.6 Å². The van der Waals surface area contributed by atoms with Crippen LogP contribution in [0.15, 0.2) is 52.0 Å². The van der Waals surface area contributed by atoms with Gasteiger partial charge in [0, 0.05) is 20.3 Å². The number of sulfonamides is 1. The second kappa shape index (κ2) is 8.37. The van der Waals surface area contributed by atoms with Gasteiger partial charge in [-0.15, -0.1) is 0 Å². The van der Waals surface area contributed by atoms with Crippen molar-refractivity contribution in [3.63, 3.8) is 0 Å². The number of nitrogens with one attached hydrogen (secondary N) is 1. The van der Waals surface area contributed by atoms with Crippen LogP contribution in [0.1, 0.15) is 16.2 Å². The average Bonchev–Trinajstić information content (AvgIpc) is 3.21. The number of ether oxygens (including phenoxy) is 1. The molecule has 0 aliphatic heterocycles. The molecular weight excluding hydrogens is 398 g/mol. The molecule has 10 nitrogen and oxygen atoms in total. The Hall–Kier alpha value is -3.31. The molecule has 0 atom stereocenters. The molecule has 0 saturated carbocycles. The Balaban J connectivity index is 1.85. The zero-order chi connectivity index (χ0) is 21.0. The number of hydrogen-bond acceptors (Lipinski definition) is 8. The van der Waals surface area contributed by atoms with Gasteiger partial charge in [0.15, 0.2) is 0 Å². The van der Waals surface area contributed by atoms with Crippen LogP contribution in [0.4, 0.5) is 0 Å². The van der Waals surface area contributed by atoms with Crippen molar-refractivity contribution in [2.45, 2.75) is 11.4 Å². The molecule has 3 aromatic rings. The number of rotatable bonds is 7. The highest BCUT2D eigenvalue weighted by molar-refractivity contribution is 7.89. The minimum absolute atomic E-state index is 0.0659. The largest absolute Gasteiger partial charge is 0.496 e. The van der Waals surface area contributed by atoms with Crippen molar-refractivity contribution in [1.82, 2.24) is 24.7 Å². The molecule has 0 saturated heterocycles. The summed E-state index contributed by atoms with van der Waals surface area (Å²) in [6, 6.07) is 9.31. The molecule has 2 aromatic heterocycles. The maximum atomic E-state index is 12.9. The van der Waals surface area contributed by atoms with Crippen molar-refractivity contribution in [2.24, 2.45) is 0 Å². The average molecular weight is 417 g/mol. The summed E-state index contributed by atoms with van der Waals surface area (Å²) >= 11 is 0. The van der Waals surface area contributed by atoms with E-state index in [2.05, 4.69) is 20.4 Å². The van der Waals surface area contributed by atoms with E-state index >= 15 is 0 Å². The lowest BCUT2D eigenvalue weighted by Crippen LogP contribution is -2.27. The highest BCUT2D eigenvalue weighted by Gasteiger charge is 2.25. The molecule has 29 heavy (non-hydrogen) atoms.